The Hall–Kier alpha value is -2.38. The van der Waals surface area contributed by atoms with Crippen LogP contribution < -0.4 is 10.1 Å². The van der Waals surface area contributed by atoms with Crippen molar-refractivity contribution in [2.75, 3.05) is 25.0 Å². The standard InChI is InChI=1S/C24H32N2O4S/c1-4-24(2,3)19-8-12-21(13-9-19)30-18-23(27)25-20-10-14-22(15-11-20)31(28,29)26-16-6-5-7-17-26/h8-15H,4-7,16-18H2,1-3H3,(H,25,27). The number of rotatable bonds is 8. The summed E-state index contributed by atoms with van der Waals surface area (Å²) in [5.41, 5.74) is 1.86. The highest BCUT2D eigenvalue weighted by atomic mass is 32.2. The minimum atomic E-state index is -3.47. The molecule has 1 N–H and O–H groups in total. The molecule has 2 aromatic carbocycles. The fourth-order valence-electron chi connectivity index (χ4n) is 3.52. The highest BCUT2D eigenvalue weighted by molar-refractivity contribution is 7.89. The predicted molar refractivity (Wildman–Crippen MR) is 123 cm³/mol. The number of sulfonamides is 1. The molecule has 3 rings (SSSR count). The molecule has 7 heteroatoms. The van der Waals surface area contributed by atoms with Gasteiger partial charge in [0.1, 0.15) is 5.75 Å². The normalized spacial score (nSPS) is 15.5. The Morgan fingerprint density at radius 2 is 1.61 bits per heavy atom. The molecule has 0 radical (unpaired) electrons. The molecule has 0 aromatic heterocycles. The van der Waals surface area contributed by atoms with E-state index in [2.05, 4.69) is 26.1 Å². The van der Waals surface area contributed by atoms with Crippen molar-refractivity contribution in [3.8, 4) is 5.75 Å². The number of carbonyl (C=O) groups excluding carboxylic acids is 1. The third-order valence-electron chi connectivity index (χ3n) is 5.98. The van der Waals surface area contributed by atoms with Crippen LogP contribution in [0.3, 0.4) is 0 Å². The van der Waals surface area contributed by atoms with Gasteiger partial charge in [-0.1, -0.05) is 39.3 Å². The van der Waals surface area contributed by atoms with Crippen LogP contribution in [-0.2, 0) is 20.2 Å². The first-order valence-electron chi connectivity index (χ1n) is 10.9. The molecule has 0 aliphatic carbocycles. The van der Waals surface area contributed by atoms with Crippen LogP contribution in [0.1, 0.15) is 52.0 Å². The molecular formula is C24H32N2O4S. The van der Waals surface area contributed by atoms with E-state index in [0.29, 0.717) is 24.5 Å². The van der Waals surface area contributed by atoms with Gasteiger partial charge in [-0.3, -0.25) is 4.79 Å². The van der Waals surface area contributed by atoms with Gasteiger partial charge < -0.3 is 10.1 Å². The fourth-order valence-corrected chi connectivity index (χ4v) is 5.03. The molecular weight excluding hydrogens is 412 g/mol. The molecule has 0 bridgehead atoms. The lowest BCUT2D eigenvalue weighted by molar-refractivity contribution is -0.118. The summed E-state index contributed by atoms with van der Waals surface area (Å²) in [6.07, 6.45) is 3.90. The van der Waals surface area contributed by atoms with Crippen LogP contribution in [0, 0.1) is 0 Å². The molecule has 0 unspecified atom stereocenters. The highest BCUT2D eigenvalue weighted by Crippen LogP contribution is 2.28. The Kier molecular flexibility index (Phi) is 7.38. The summed E-state index contributed by atoms with van der Waals surface area (Å²) in [5.74, 6) is 0.332. The number of carbonyl (C=O) groups is 1. The quantitative estimate of drug-likeness (QED) is 0.647. The monoisotopic (exact) mass is 444 g/mol. The van der Waals surface area contributed by atoms with E-state index in [0.717, 1.165) is 25.7 Å². The van der Waals surface area contributed by atoms with Crippen LogP contribution in [0.15, 0.2) is 53.4 Å². The number of nitrogens with one attached hydrogen (secondary N) is 1. The summed E-state index contributed by atoms with van der Waals surface area (Å²) < 4.78 is 32.5. The van der Waals surface area contributed by atoms with Crippen molar-refractivity contribution in [1.29, 1.82) is 0 Å². The summed E-state index contributed by atoms with van der Waals surface area (Å²) in [4.78, 5) is 12.5. The number of hydrogen-bond donors (Lipinski definition) is 1. The number of piperidine rings is 1. The van der Waals surface area contributed by atoms with E-state index in [1.165, 1.54) is 22.0 Å². The van der Waals surface area contributed by atoms with E-state index >= 15 is 0 Å². The van der Waals surface area contributed by atoms with E-state index in [4.69, 9.17) is 4.74 Å². The number of hydrogen-bond acceptors (Lipinski definition) is 4. The van der Waals surface area contributed by atoms with Crippen molar-refractivity contribution in [2.24, 2.45) is 0 Å². The lowest BCUT2D eigenvalue weighted by atomic mass is 9.82. The molecule has 1 amide bonds. The molecule has 2 aromatic rings. The second-order valence-corrected chi connectivity index (χ2v) is 10.5. The summed E-state index contributed by atoms with van der Waals surface area (Å²) in [6.45, 7) is 7.55. The van der Waals surface area contributed by atoms with Crippen molar-refractivity contribution in [2.45, 2.75) is 56.8 Å². The van der Waals surface area contributed by atoms with Gasteiger partial charge in [0.2, 0.25) is 10.0 Å². The number of nitrogens with zero attached hydrogens (tertiary/aromatic N) is 1. The first-order chi connectivity index (χ1) is 14.7. The lowest BCUT2D eigenvalue weighted by Gasteiger charge is -2.25. The molecule has 6 nitrogen and oxygen atoms in total. The Morgan fingerprint density at radius 3 is 2.19 bits per heavy atom. The molecule has 31 heavy (non-hydrogen) atoms. The van der Waals surface area contributed by atoms with Gasteiger partial charge in [-0.05, 0) is 66.6 Å². The Labute approximate surface area is 185 Å². The van der Waals surface area contributed by atoms with E-state index in [1.54, 1.807) is 12.1 Å². The number of anilines is 1. The molecule has 1 aliphatic heterocycles. The van der Waals surface area contributed by atoms with Gasteiger partial charge in [-0.2, -0.15) is 4.31 Å². The average Bonchev–Trinajstić information content (AvgIpc) is 2.79. The third-order valence-corrected chi connectivity index (χ3v) is 7.89. The van der Waals surface area contributed by atoms with E-state index in [9.17, 15) is 13.2 Å². The first-order valence-corrected chi connectivity index (χ1v) is 12.3. The largest absolute Gasteiger partial charge is 0.484 e. The molecule has 0 atom stereocenters. The Morgan fingerprint density at radius 1 is 1.00 bits per heavy atom. The van der Waals surface area contributed by atoms with Gasteiger partial charge in [0.25, 0.3) is 5.91 Å². The van der Waals surface area contributed by atoms with E-state index in [1.807, 2.05) is 24.3 Å². The van der Waals surface area contributed by atoms with Crippen molar-refractivity contribution in [3.63, 3.8) is 0 Å². The van der Waals surface area contributed by atoms with E-state index < -0.39 is 10.0 Å². The maximum atomic E-state index is 12.7. The summed E-state index contributed by atoms with van der Waals surface area (Å²) in [5, 5.41) is 2.74. The topological polar surface area (TPSA) is 75.7 Å². The van der Waals surface area contributed by atoms with Crippen molar-refractivity contribution in [1.82, 2.24) is 4.31 Å². The smallest absolute Gasteiger partial charge is 0.262 e. The second-order valence-electron chi connectivity index (χ2n) is 8.59. The third kappa shape index (κ3) is 5.86. The molecule has 1 saturated heterocycles. The Balaban J connectivity index is 1.54. The maximum Gasteiger partial charge on any atom is 0.262 e. The van der Waals surface area contributed by atoms with Gasteiger partial charge in [-0.25, -0.2) is 8.42 Å². The zero-order valence-electron chi connectivity index (χ0n) is 18.6. The van der Waals surface area contributed by atoms with Gasteiger partial charge in [0.15, 0.2) is 6.61 Å². The van der Waals surface area contributed by atoms with Crippen LogP contribution in [0.4, 0.5) is 5.69 Å². The number of ether oxygens (including phenoxy) is 1. The zero-order valence-corrected chi connectivity index (χ0v) is 19.4. The van der Waals surface area contributed by atoms with Crippen molar-refractivity contribution in [3.05, 3.63) is 54.1 Å². The van der Waals surface area contributed by atoms with Crippen LogP contribution in [0.2, 0.25) is 0 Å². The van der Waals surface area contributed by atoms with Crippen LogP contribution in [-0.4, -0.2) is 38.3 Å². The van der Waals surface area contributed by atoms with Crippen LogP contribution >= 0.6 is 0 Å². The minimum Gasteiger partial charge on any atom is -0.484 e. The number of benzene rings is 2. The fraction of sp³-hybridized carbons (Fsp3) is 0.458. The SMILES string of the molecule is CCC(C)(C)c1ccc(OCC(=O)Nc2ccc(S(=O)(=O)N3CCCCC3)cc2)cc1. The summed E-state index contributed by atoms with van der Waals surface area (Å²) in [6, 6.07) is 14.1. The van der Waals surface area contributed by atoms with Crippen molar-refractivity contribution >= 4 is 21.6 Å². The second kappa shape index (κ2) is 9.83. The van der Waals surface area contributed by atoms with Gasteiger partial charge >= 0.3 is 0 Å². The average molecular weight is 445 g/mol. The highest BCUT2D eigenvalue weighted by Gasteiger charge is 2.25. The maximum absolute atomic E-state index is 12.7. The van der Waals surface area contributed by atoms with Gasteiger partial charge in [0, 0.05) is 18.8 Å². The van der Waals surface area contributed by atoms with Crippen molar-refractivity contribution < 1.29 is 17.9 Å². The van der Waals surface area contributed by atoms with Crippen LogP contribution in [0.25, 0.3) is 0 Å². The minimum absolute atomic E-state index is 0.101. The predicted octanol–water partition coefficient (Wildman–Crippen LogP) is 4.57. The Bertz CT molecular complexity index is 977. The molecule has 168 valence electrons. The first kappa shape index (κ1) is 23.3. The van der Waals surface area contributed by atoms with E-state index in [-0.39, 0.29) is 22.8 Å². The number of amides is 1. The molecule has 1 aliphatic rings. The summed E-state index contributed by atoms with van der Waals surface area (Å²) >= 11 is 0. The molecule has 0 saturated carbocycles. The molecule has 0 spiro atoms. The molecule has 1 heterocycles. The van der Waals surface area contributed by atoms with Gasteiger partial charge in [-0.15, -0.1) is 0 Å². The zero-order chi connectivity index (χ0) is 22.5. The van der Waals surface area contributed by atoms with Gasteiger partial charge in [0.05, 0.1) is 4.90 Å². The van der Waals surface area contributed by atoms with Crippen LogP contribution in [0.5, 0.6) is 5.75 Å². The summed E-state index contributed by atoms with van der Waals surface area (Å²) in [7, 11) is -3.47. The lowest BCUT2D eigenvalue weighted by Crippen LogP contribution is -2.35. The molecule has 1 fully saturated rings.